The highest BCUT2D eigenvalue weighted by Crippen LogP contribution is 2.28. The van der Waals surface area contributed by atoms with Gasteiger partial charge in [-0.15, -0.1) is 0 Å². The van der Waals surface area contributed by atoms with E-state index in [2.05, 4.69) is 47.8 Å². The minimum atomic E-state index is -0.651. The molecular formula is C34H43N3O4. The Morgan fingerprint density at radius 1 is 0.927 bits per heavy atom. The van der Waals surface area contributed by atoms with Crippen LogP contribution >= 0.6 is 0 Å². The third kappa shape index (κ3) is 7.73. The molecule has 0 saturated carbocycles. The molecule has 3 atom stereocenters. The smallest absolute Gasteiger partial charge is 0.247 e. The van der Waals surface area contributed by atoms with E-state index in [1.54, 1.807) is 5.48 Å². The molecule has 1 fully saturated rings. The third-order valence-corrected chi connectivity index (χ3v) is 8.07. The molecule has 7 heteroatoms. The number of likely N-dealkylation sites (tertiary alicyclic amines) is 1. The first kappa shape index (κ1) is 30.3. The molecule has 1 aliphatic rings. The van der Waals surface area contributed by atoms with Gasteiger partial charge in [0.05, 0.1) is 5.92 Å². The molecule has 3 amide bonds. The predicted molar refractivity (Wildman–Crippen MR) is 162 cm³/mol. The van der Waals surface area contributed by atoms with Crippen LogP contribution in [0.1, 0.15) is 64.9 Å². The molecule has 1 heterocycles. The molecule has 0 radical (unpaired) electrons. The Balaban J connectivity index is 1.50. The third-order valence-electron chi connectivity index (χ3n) is 8.07. The number of amides is 3. The van der Waals surface area contributed by atoms with Crippen molar-refractivity contribution in [2.24, 2.45) is 17.8 Å². The topological polar surface area (TPSA) is 98.7 Å². The van der Waals surface area contributed by atoms with Gasteiger partial charge in [0.15, 0.2) is 0 Å². The maximum Gasteiger partial charge on any atom is 0.247 e. The van der Waals surface area contributed by atoms with Crippen molar-refractivity contribution in [2.75, 3.05) is 6.54 Å². The van der Waals surface area contributed by atoms with Gasteiger partial charge in [0.25, 0.3) is 0 Å². The minimum Gasteiger partial charge on any atom is -0.344 e. The van der Waals surface area contributed by atoms with E-state index >= 15 is 0 Å². The molecular weight excluding hydrogens is 514 g/mol. The van der Waals surface area contributed by atoms with Gasteiger partial charge in [-0.1, -0.05) is 81.8 Å². The fourth-order valence-electron chi connectivity index (χ4n) is 5.98. The van der Waals surface area contributed by atoms with Crippen molar-refractivity contribution in [3.05, 3.63) is 72.3 Å². The van der Waals surface area contributed by atoms with E-state index in [9.17, 15) is 19.6 Å². The maximum absolute atomic E-state index is 13.7. The average Bonchev–Trinajstić information content (AvgIpc) is 3.14. The van der Waals surface area contributed by atoms with Gasteiger partial charge in [0.2, 0.25) is 17.7 Å². The lowest BCUT2D eigenvalue weighted by atomic mass is 9.81. The molecule has 0 aliphatic carbocycles. The van der Waals surface area contributed by atoms with Crippen molar-refractivity contribution >= 4 is 28.5 Å². The Labute approximate surface area is 243 Å². The zero-order valence-electron chi connectivity index (χ0n) is 24.4. The van der Waals surface area contributed by atoms with Gasteiger partial charge in [0.1, 0.15) is 6.04 Å². The van der Waals surface area contributed by atoms with Crippen molar-refractivity contribution in [1.29, 1.82) is 0 Å². The number of nitrogens with zero attached hydrogens (tertiary/aromatic N) is 1. The Hall–Kier alpha value is -3.71. The number of hydrogen-bond acceptors (Lipinski definition) is 4. The minimum absolute atomic E-state index is 0.0890. The van der Waals surface area contributed by atoms with Crippen LogP contribution in [0.3, 0.4) is 0 Å². The summed E-state index contributed by atoms with van der Waals surface area (Å²) in [5.41, 5.74) is 5.01. The van der Waals surface area contributed by atoms with E-state index in [4.69, 9.17) is 0 Å². The van der Waals surface area contributed by atoms with E-state index in [1.807, 2.05) is 49.9 Å². The van der Waals surface area contributed by atoms with Crippen LogP contribution in [0.5, 0.6) is 0 Å². The lowest BCUT2D eigenvalue weighted by Gasteiger charge is -2.29. The first-order chi connectivity index (χ1) is 19.8. The number of hydrogen-bond donors (Lipinski definition) is 3. The van der Waals surface area contributed by atoms with Gasteiger partial charge in [-0.25, -0.2) is 5.48 Å². The highest BCUT2D eigenvalue weighted by Gasteiger charge is 2.36. The number of nitrogens with one attached hydrogen (secondary N) is 2. The lowest BCUT2D eigenvalue weighted by Crippen LogP contribution is -2.51. The zero-order chi connectivity index (χ0) is 29.4. The molecule has 4 rings (SSSR count). The van der Waals surface area contributed by atoms with E-state index < -0.39 is 23.8 Å². The summed E-state index contributed by atoms with van der Waals surface area (Å²) in [5, 5.41) is 14.7. The summed E-state index contributed by atoms with van der Waals surface area (Å²) >= 11 is 0. The molecule has 7 nitrogen and oxygen atoms in total. The first-order valence-electron chi connectivity index (χ1n) is 14.9. The molecule has 1 aliphatic heterocycles. The van der Waals surface area contributed by atoms with Gasteiger partial charge in [0, 0.05) is 19.0 Å². The van der Waals surface area contributed by atoms with Gasteiger partial charge >= 0.3 is 0 Å². The van der Waals surface area contributed by atoms with Crippen molar-refractivity contribution in [1.82, 2.24) is 15.7 Å². The highest BCUT2D eigenvalue weighted by atomic mass is 16.5. The van der Waals surface area contributed by atoms with Crippen LogP contribution in [0.4, 0.5) is 0 Å². The number of benzene rings is 3. The van der Waals surface area contributed by atoms with Crippen LogP contribution in [-0.2, 0) is 20.9 Å². The molecule has 0 unspecified atom stereocenters. The van der Waals surface area contributed by atoms with Crippen LogP contribution in [0.15, 0.2) is 66.7 Å². The van der Waals surface area contributed by atoms with Gasteiger partial charge in [-0.3, -0.25) is 19.6 Å². The molecule has 1 saturated heterocycles. The summed E-state index contributed by atoms with van der Waals surface area (Å²) in [5.74, 6) is -2.03. The van der Waals surface area contributed by atoms with E-state index in [0.717, 1.165) is 29.5 Å². The second-order valence-corrected chi connectivity index (χ2v) is 11.7. The van der Waals surface area contributed by atoms with Crippen molar-refractivity contribution in [2.45, 2.75) is 71.9 Å². The molecule has 3 aromatic carbocycles. The van der Waals surface area contributed by atoms with Gasteiger partial charge in [-0.05, 0) is 77.6 Å². The molecule has 3 N–H and O–H groups in total. The van der Waals surface area contributed by atoms with E-state index in [1.165, 1.54) is 10.8 Å². The number of fused-ring (bicyclic) bond motifs is 1. The van der Waals surface area contributed by atoms with E-state index in [0.29, 0.717) is 38.8 Å². The Kier molecular flexibility index (Phi) is 10.5. The highest BCUT2D eigenvalue weighted by molar-refractivity contribution is 5.91. The Bertz CT molecular complexity index is 1350. The molecule has 0 aromatic heterocycles. The SMILES string of the molecule is CCC[C@H](C(=O)NO)[C@@H](CC(C)C)C(=O)N[C@H]1CCCCN(Cc2cccc(-c3ccc4ccccc4c3)c2)C1=O. The fourth-order valence-corrected chi connectivity index (χ4v) is 5.98. The van der Waals surface area contributed by atoms with Crippen LogP contribution in [0, 0.1) is 17.8 Å². The van der Waals surface area contributed by atoms with Crippen LogP contribution in [-0.4, -0.2) is 40.4 Å². The van der Waals surface area contributed by atoms with Crippen LogP contribution < -0.4 is 10.8 Å². The number of carbonyl (C=O) groups is 3. The molecule has 0 bridgehead atoms. The normalized spacial score (nSPS) is 17.2. The quantitative estimate of drug-likeness (QED) is 0.196. The fraction of sp³-hybridized carbons (Fsp3) is 0.441. The predicted octanol–water partition coefficient (Wildman–Crippen LogP) is 6.09. The molecule has 0 spiro atoms. The van der Waals surface area contributed by atoms with Crippen molar-refractivity contribution in [3.63, 3.8) is 0 Å². The standard InChI is InChI=1S/C34H43N3O4/c1-4-10-29(33(39)36-41)30(19-23(2)3)32(38)35-31-15-7-8-18-37(34(31)40)22-24-11-9-14-26(20-24)28-17-16-25-12-5-6-13-27(25)21-28/h5-6,9,11-14,16-17,20-21,23,29-31,41H,4,7-8,10,15,18-19,22H2,1-3H3,(H,35,38)(H,36,39)/t29-,30+,31-/m0/s1. The maximum atomic E-state index is 13.7. The summed E-state index contributed by atoms with van der Waals surface area (Å²) in [6.07, 6.45) is 3.94. The summed E-state index contributed by atoms with van der Waals surface area (Å²) in [6.45, 7) is 7.05. The second-order valence-electron chi connectivity index (χ2n) is 11.7. The van der Waals surface area contributed by atoms with Gasteiger partial charge in [-0.2, -0.15) is 0 Å². The van der Waals surface area contributed by atoms with E-state index in [-0.39, 0.29) is 17.7 Å². The van der Waals surface area contributed by atoms with Gasteiger partial charge < -0.3 is 10.2 Å². The number of carbonyl (C=O) groups excluding carboxylic acids is 3. The zero-order valence-corrected chi connectivity index (χ0v) is 24.4. The van der Waals surface area contributed by atoms with Crippen LogP contribution in [0.2, 0.25) is 0 Å². The summed E-state index contributed by atoms with van der Waals surface area (Å²) in [4.78, 5) is 41.6. The Morgan fingerprint density at radius 3 is 2.41 bits per heavy atom. The molecule has 3 aromatic rings. The second kappa shape index (κ2) is 14.3. The van der Waals surface area contributed by atoms with Crippen molar-refractivity contribution in [3.8, 4) is 11.1 Å². The summed E-state index contributed by atoms with van der Waals surface area (Å²) < 4.78 is 0. The van der Waals surface area contributed by atoms with Crippen molar-refractivity contribution < 1.29 is 19.6 Å². The largest absolute Gasteiger partial charge is 0.344 e. The monoisotopic (exact) mass is 557 g/mol. The van der Waals surface area contributed by atoms with Crippen LogP contribution in [0.25, 0.3) is 21.9 Å². The number of rotatable bonds is 11. The summed E-state index contributed by atoms with van der Waals surface area (Å²) in [7, 11) is 0. The summed E-state index contributed by atoms with van der Waals surface area (Å²) in [6, 6.07) is 22.4. The average molecular weight is 558 g/mol. The first-order valence-corrected chi connectivity index (χ1v) is 14.9. The molecule has 218 valence electrons. The lowest BCUT2D eigenvalue weighted by molar-refractivity contribution is -0.143. The molecule has 41 heavy (non-hydrogen) atoms. The Morgan fingerprint density at radius 2 is 1.68 bits per heavy atom. The number of hydroxylamine groups is 1.